The quantitative estimate of drug-likeness (QED) is 0.444. The summed E-state index contributed by atoms with van der Waals surface area (Å²) in [6.45, 7) is 9.39. The maximum Gasteiger partial charge on any atom is 0.411 e. The molecule has 182 valence electrons. The Kier molecular flexibility index (Phi) is 6.06. The first-order valence-corrected chi connectivity index (χ1v) is 12.2. The van der Waals surface area contributed by atoms with Crippen LogP contribution in [0.15, 0.2) is 60.7 Å². The number of methoxy groups -OCH3 is 1. The van der Waals surface area contributed by atoms with Gasteiger partial charge in [0.2, 0.25) is 0 Å². The van der Waals surface area contributed by atoms with Gasteiger partial charge in [-0.05, 0) is 45.4 Å². The summed E-state index contributed by atoms with van der Waals surface area (Å²) in [6, 6.07) is 20.7. The fraction of sp³-hybridized carbons (Fsp3) is 0.367. The Morgan fingerprint density at radius 3 is 1.94 bits per heavy atom. The van der Waals surface area contributed by atoms with Gasteiger partial charge in [-0.25, -0.2) is 4.79 Å². The highest BCUT2D eigenvalue weighted by atomic mass is 16.6. The molecule has 5 rings (SSSR count). The van der Waals surface area contributed by atoms with E-state index >= 15 is 0 Å². The number of ether oxygens (including phenoxy) is 3. The smallest absolute Gasteiger partial charge is 0.411 e. The number of rotatable bonds is 6. The van der Waals surface area contributed by atoms with Gasteiger partial charge in [-0.2, -0.15) is 0 Å². The molecule has 0 bridgehead atoms. The van der Waals surface area contributed by atoms with Crippen LogP contribution in [0.2, 0.25) is 0 Å². The molecule has 5 heteroatoms. The fourth-order valence-corrected chi connectivity index (χ4v) is 5.75. The van der Waals surface area contributed by atoms with Gasteiger partial charge in [-0.1, -0.05) is 70.8 Å². The van der Waals surface area contributed by atoms with E-state index < -0.39 is 5.60 Å². The van der Waals surface area contributed by atoms with Crippen LogP contribution in [0.4, 0.5) is 4.79 Å². The largest absolute Gasteiger partial charge is 0.497 e. The maximum atomic E-state index is 13.3. The zero-order valence-electron chi connectivity index (χ0n) is 21.1. The number of amides is 1. The molecule has 0 aromatic heterocycles. The molecule has 0 saturated carbocycles. The molecular weight excluding hydrogens is 438 g/mol. The third-order valence-electron chi connectivity index (χ3n) is 7.16. The first-order chi connectivity index (χ1) is 16.8. The maximum absolute atomic E-state index is 13.3. The summed E-state index contributed by atoms with van der Waals surface area (Å²) in [6.07, 6.45) is 0.372. The molecule has 35 heavy (non-hydrogen) atoms. The van der Waals surface area contributed by atoms with Crippen molar-refractivity contribution in [3.05, 3.63) is 99.6 Å². The van der Waals surface area contributed by atoms with Crippen molar-refractivity contribution in [2.24, 2.45) is 0 Å². The van der Waals surface area contributed by atoms with Crippen LogP contribution >= 0.6 is 0 Å². The van der Waals surface area contributed by atoms with E-state index in [2.05, 4.69) is 64.1 Å². The molecule has 5 nitrogen and oxygen atoms in total. The molecule has 2 fully saturated rings. The number of cyclic esters (lactones) is 1. The fourth-order valence-electron chi connectivity index (χ4n) is 5.75. The lowest BCUT2D eigenvalue weighted by molar-refractivity contribution is 0.0241. The average molecular weight is 472 g/mol. The van der Waals surface area contributed by atoms with Crippen LogP contribution in [0.1, 0.15) is 45.4 Å². The molecule has 0 aliphatic carbocycles. The van der Waals surface area contributed by atoms with Crippen LogP contribution in [0.3, 0.4) is 0 Å². The van der Waals surface area contributed by atoms with Gasteiger partial charge in [-0.15, -0.1) is 0 Å². The molecule has 2 heterocycles. The molecule has 2 saturated heterocycles. The lowest BCUT2D eigenvalue weighted by Gasteiger charge is -2.34. The summed E-state index contributed by atoms with van der Waals surface area (Å²) in [7, 11) is 1.66. The van der Waals surface area contributed by atoms with E-state index in [1.54, 1.807) is 7.11 Å². The summed E-state index contributed by atoms with van der Waals surface area (Å²) in [5.41, 5.74) is 6.88. The number of carbonyl (C=O) groups excluding carboxylic acids is 1. The van der Waals surface area contributed by atoms with Gasteiger partial charge in [0.25, 0.3) is 0 Å². The highest BCUT2D eigenvalue weighted by Gasteiger charge is 2.60. The Hall–Kier alpha value is -3.31. The van der Waals surface area contributed by atoms with Crippen molar-refractivity contribution < 1.29 is 19.0 Å². The topological polar surface area (TPSA) is 48.0 Å². The minimum absolute atomic E-state index is 0.0638. The van der Waals surface area contributed by atoms with Gasteiger partial charge < -0.3 is 14.2 Å². The average Bonchev–Trinajstić information content (AvgIpc) is 3.35. The van der Waals surface area contributed by atoms with Crippen molar-refractivity contribution in [1.29, 1.82) is 0 Å². The van der Waals surface area contributed by atoms with Crippen LogP contribution in [0.25, 0.3) is 0 Å². The predicted octanol–water partition coefficient (Wildman–Crippen LogP) is 5.98. The number of benzene rings is 3. The van der Waals surface area contributed by atoms with Gasteiger partial charge in [0.05, 0.1) is 32.4 Å². The van der Waals surface area contributed by atoms with E-state index in [-0.39, 0.29) is 18.2 Å². The third-order valence-corrected chi connectivity index (χ3v) is 7.16. The molecule has 2 aliphatic heterocycles. The van der Waals surface area contributed by atoms with E-state index in [0.29, 0.717) is 19.6 Å². The first-order valence-electron chi connectivity index (χ1n) is 12.2. The van der Waals surface area contributed by atoms with Crippen molar-refractivity contribution in [2.75, 3.05) is 13.7 Å². The Balaban J connectivity index is 1.50. The molecule has 2 aliphatic rings. The summed E-state index contributed by atoms with van der Waals surface area (Å²) in [4.78, 5) is 15.2. The van der Waals surface area contributed by atoms with Gasteiger partial charge >= 0.3 is 6.09 Å². The number of hydrogen-bond donors (Lipinski definition) is 0. The molecule has 0 N–H and O–H groups in total. The lowest BCUT2D eigenvalue weighted by atomic mass is 9.77. The molecule has 1 amide bonds. The van der Waals surface area contributed by atoms with Crippen LogP contribution in [0.5, 0.6) is 5.75 Å². The second-order valence-electron chi connectivity index (χ2n) is 10.0. The zero-order valence-corrected chi connectivity index (χ0v) is 21.1. The predicted molar refractivity (Wildman–Crippen MR) is 136 cm³/mol. The van der Waals surface area contributed by atoms with E-state index in [1.807, 2.05) is 29.2 Å². The second kappa shape index (κ2) is 9.04. The van der Waals surface area contributed by atoms with E-state index in [1.165, 1.54) is 0 Å². The highest BCUT2D eigenvalue weighted by Crippen LogP contribution is 2.49. The standard InChI is InChI=1S/C30H33NO4/c1-19-10-20(2)13-24(12-19)30(25-14-21(3)11-22(4)15-25)28-16-27(17-31(28)29(32)35-30)34-18-23-6-8-26(33-5)9-7-23/h6-15,27-28H,16-18H2,1-5H3/t27-,28-/m1/s1. The molecule has 2 atom stereocenters. The van der Waals surface area contributed by atoms with E-state index in [9.17, 15) is 4.79 Å². The van der Waals surface area contributed by atoms with Crippen molar-refractivity contribution >= 4 is 6.09 Å². The molecule has 0 radical (unpaired) electrons. The zero-order chi connectivity index (χ0) is 24.7. The minimum Gasteiger partial charge on any atom is -0.497 e. The highest BCUT2D eigenvalue weighted by molar-refractivity contribution is 5.74. The minimum atomic E-state index is -0.872. The first kappa shape index (κ1) is 23.4. The van der Waals surface area contributed by atoms with Gasteiger partial charge in [0, 0.05) is 17.5 Å². The van der Waals surface area contributed by atoms with Crippen molar-refractivity contribution in [3.8, 4) is 5.75 Å². The molecule has 0 spiro atoms. The summed E-state index contributed by atoms with van der Waals surface area (Å²) in [5, 5.41) is 0. The number of carbonyl (C=O) groups is 1. The van der Waals surface area contributed by atoms with Gasteiger partial charge in [-0.3, -0.25) is 4.90 Å². The van der Waals surface area contributed by atoms with Crippen molar-refractivity contribution in [3.63, 3.8) is 0 Å². The second-order valence-corrected chi connectivity index (χ2v) is 10.0. The molecular formula is C30H33NO4. The Labute approximate surface area is 207 Å². The summed E-state index contributed by atoms with van der Waals surface area (Å²) < 4.78 is 17.9. The lowest BCUT2D eigenvalue weighted by Crippen LogP contribution is -2.41. The van der Waals surface area contributed by atoms with Crippen LogP contribution in [0, 0.1) is 27.7 Å². The Bertz CT molecular complexity index is 1160. The number of fused-ring (bicyclic) bond motifs is 1. The van der Waals surface area contributed by atoms with E-state index in [4.69, 9.17) is 14.2 Å². The van der Waals surface area contributed by atoms with Crippen LogP contribution in [-0.4, -0.2) is 36.8 Å². The van der Waals surface area contributed by atoms with Crippen molar-refractivity contribution in [1.82, 2.24) is 4.90 Å². The van der Waals surface area contributed by atoms with Crippen LogP contribution < -0.4 is 4.74 Å². The number of aryl methyl sites for hydroxylation is 4. The molecule has 0 unspecified atom stereocenters. The Morgan fingerprint density at radius 1 is 0.886 bits per heavy atom. The van der Waals surface area contributed by atoms with Crippen molar-refractivity contribution in [2.45, 2.75) is 58.5 Å². The van der Waals surface area contributed by atoms with Gasteiger partial charge in [0.1, 0.15) is 5.75 Å². The molecule has 3 aromatic rings. The summed E-state index contributed by atoms with van der Waals surface area (Å²) in [5.74, 6) is 0.824. The number of hydrogen-bond acceptors (Lipinski definition) is 4. The Morgan fingerprint density at radius 2 is 1.43 bits per heavy atom. The number of nitrogens with zero attached hydrogens (tertiary/aromatic N) is 1. The van der Waals surface area contributed by atoms with Crippen LogP contribution in [-0.2, 0) is 21.7 Å². The monoisotopic (exact) mass is 471 g/mol. The SMILES string of the molecule is COc1ccc(CO[C@@H]2C[C@H]3N(C2)C(=O)OC3(c2cc(C)cc(C)c2)c2cc(C)cc(C)c2)cc1. The van der Waals surface area contributed by atoms with Gasteiger partial charge in [0.15, 0.2) is 5.60 Å². The van der Waals surface area contributed by atoms with E-state index in [0.717, 1.165) is 44.7 Å². The molecule has 3 aromatic carbocycles. The summed E-state index contributed by atoms with van der Waals surface area (Å²) >= 11 is 0. The third kappa shape index (κ3) is 4.30. The normalized spacial score (nSPS) is 20.6.